The van der Waals surface area contributed by atoms with Crippen molar-refractivity contribution < 1.29 is 18.7 Å². The van der Waals surface area contributed by atoms with Crippen LogP contribution >= 0.6 is 0 Å². The Kier molecular flexibility index (Phi) is 11.3. The predicted octanol–water partition coefficient (Wildman–Crippen LogP) is 7.97. The molecule has 0 amide bonds. The van der Waals surface area contributed by atoms with Crippen LogP contribution in [0.1, 0.15) is 89.2 Å². The molecule has 0 spiro atoms. The van der Waals surface area contributed by atoms with Gasteiger partial charge in [-0.3, -0.25) is 0 Å². The van der Waals surface area contributed by atoms with Crippen molar-refractivity contribution in [2.24, 2.45) is 5.92 Å². The van der Waals surface area contributed by atoms with E-state index in [-0.39, 0.29) is 12.5 Å². The topological polar surface area (TPSA) is 59.3 Å². The largest absolute Gasteiger partial charge is 0.492 e. The predicted molar refractivity (Wildman–Crippen MR) is 142 cm³/mol. The highest BCUT2D eigenvalue weighted by Gasteiger charge is 2.27. The molecule has 0 saturated heterocycles. The van der Waals surface area contributed by atoms with Gasteiger partial charge in [-0.1, -0.05) is 63.4 Å². The third-order valence-electron chi connectivity index (χ3n) is 7.13. The van der Waals surface area contributed by atoms with Crippen molar-refractivity contribution in [2.75, 3.05) is 6.61 Å². The molecule has 0 heterocycles. The van der Waals surface area contributed by atoms with Gasteiger partial charge < -0.3 is 9.47 Å². The molecule has 5 heteroatoms. The fraction of sp³-hybridized carbons (Fsp3) is 0.548. The first-order chi connectivity index (χ1) is 17.5. The lowest BCUT2D eigenvalue weighted by Gasteiger charge is -2.28. The number of nitrogens with zero attached hydrogens (tertiary/aromatic N) is 1. The summed E-state index contributed by atoms with van der Waals surface area (Å²) in [5.41, 5.74) is 3.96. The Morgan fingerprint density at radius 2 is 1.72 bits per heavy atom. The van der Waals surface area contributed by atoms with Crippen molar-refractivity contribution >= 4 is 5.97 Å². The summed E-state index contributed by atoms with van der Waals surface area (Å²) in [6.07, 6.45) is 8.09. The van der Waals surface area contributed by atoms with Crippen LogP contribution in [0.5, 0.6) is 5.75 Å². The summed E-state index contributed by atoms with van der Waals surface area (Å²) in [6, 6.07) is 16.6. The Hall–Kier alpha value is -2.87. The van der Waals surface area contributed by atoms with Gasteiger partial charge in [0, 0.05) is 0 Å². The number of aryl methyl sites for hydroxylation is 1. The number of halogens is 1. The highest BCUT2D eigenvalue weighted by atomic mass is 19.1. The monoisotopic (exact) mass is 493 g/mol. The number of unbranched alkanes of at least 4 members (excludes halogenated alkanes) is 2. The molecule has 1 aliphatic rings. The van der Waals surface area contributed by atoms with E-state index in [1.54, 1.807) is 0 Å². The van der Waals surface area contributed by atoms with Crippen LogP contribution in [0.25, 0.3) is 11.1 Å². The van der Waals surface area contributed by atoms with E-state index in [9.17, 15) is 14.4 Å². The van der Waals surface area contributed by atoms with Crippen molar-refractivity contribution in [2.45, 2.75) is 96.8 Å². The van der Waals surface area contributed by atoms with Gasteiger partial charge in [-0.25, -0.2) is 9.18 Å². The number of rotatable bonds is 13. The number of ether oxygens (including phenoxy) is 2. The molecular formula is C31H40FNO3. The number of benzene rings is 2. The first-order valence-electron chi connectivity index (χ1n) is 13.6. The van der Waals surface area contributed by atoms with Crippen molar-refractivity contribution in [1.82, 2.24) is 0 Å². The molecule has 0 radical (unpaired) electrons. The zero-order valence-corrected chi connectivity index (χ0v) is 21.8. The number of esters is 1. The number of alkyl halides is 1. The maximum absolute atomic E-state index is 13.9. The molecule has 1 atom stereocenters. The third kappa shape index (κ3) is 8.36. The van der Waals surface area contributed by atoms with Gasteiger partial charge in [0.05, 0.1) is 12.2 Å². The van der Waals surface area contributed by atoms with E-state index in [4.69, 9.17) is 9.47 Å². The molecule has 36 heavy (non-hydrogen) atoms. The molecule has 1 fully saturated rings. The number of hydrogen-bond donors (Lipinski definition) is 0. The van der Waals surface area contributed by atoms with Crippen LogP contribution in [0.2, 0.25) is 0 Å². The van der Waals surface area contributed by atoms with Crippen LogP contribution in [-0.4, -0.2) is 24.9 Å². The van der Waals surface area contributed by atoms with E-state index in [0.717, 1.165) is 68.9 Å². The summed E-state index contributed by atoms with van der Waals surface area (Å²) in [5, 5.41) is 9.53. The molecule has 3 rings (SSSR count). The number of nitriles is 1. The Bertz CT molecular complexity index is 990. The standard InChI is InChI=1S/C31H40FNO3/c1-3-5-7-29(32)31(34)36-28-17-12-24(13-18-28)9-8-23-10-14-25(15-11-23)26-16-19-30(27(21-26)22-33)35-20-6-4-2/h10-11,14-16,19,21,24,28-29H,3-9,12-13,17-18,20H2,1-2H3/t24-,28-,29-/m0/s1. The van der Waals surface area contributed by atoms with Crippen molar-refractivity contribution in [3.8, 4) is 22.9 Å². The van der Waals surface area contributed by atoms with Crippen LogP contribution in [0.3, 0.4) is 0 Å². The molecule has 4 nitrogen and oxygen atoms in total. The van der Waals surface area contributed by atoms with Gasteiger partial charge in [0.15, 0.2) is 6.17 Å². The second-order valence-corrected chi connectivity index (χ2v) is 9.95. The van der Waals surface area contributed by atoms with E-state index >= 15 is 0 Å². The fourth-order valence-corrected chi connectivity index (χ4v) is 4.76. The minimum absolute atomic E-state index is 0.130. The second-order valence-electron chi connectivity index (χ2n) is 9.95. The molecule has 0 N–H and O–H groups in total. The lowest BCUT2D eigenvalue weighted by atomic mass is 9.83. The van der Waals surface area contributed by atoms with Crippen LogP contribution in [0.15, 0.2) is 42.5 Å². The van der Waals surface area contributed by atoms with E-state index < -0.39 is 12.1 Å². The Balaban J connectivity index is 1.45. The third-order valence-corrected chi connectivity index (χ3v) is 7.13. The van der Waals surface area contributed by atoms with E-state index in [2.05, 4.69) is 37.3 Å². The summed E-state index contributed by atoms with van der Waals surface area (Å²) < 4.78 is 25.1. The van der Waals surface area contributed by atoms with Gasteiger partial charge >= 0.3 is 5.97 Å². The fourth-order valence-electron chi connectivity index (χ4n) is 4.76. The zero-order valence-electron chi connectivity index (χ0n) is 21.8. The molecule has 0 aromatic heterocycles. The minimum Gasteiger partial charge on any atom is -0.492 e. The summed E-state index contributed by atoms with van der Waals surface area (Å²) in [4.78, 5) is 11.9. The Morgan fingerprint density at radius 1 is 1.03 bits per heavy atom. The van der Waals surface area contributed by atoms with Gasteiger partial charge in [-0.05, 0) is 86.1 Å². The van der Waals surface area contributed by atoms with Gasteiger partial charge in [-0.15, -0.1) is 0 Å². The maximum Gasteiger partial charge on any atom is 0.340 e. The smallest absolute Gasteiger partial charge is 0.340 e. The van der Waals surface area contributed by atoms with E-state index in [1.807, 2.05) is 25.1 Å². The highest BCUT2D eigenvalue weighted by Crippen LogP contribution is 2.31. The van der Waals surface area contributed by atoms with Crippen molar-refractivity contribution in [1.29, 1.82) is 5.26 Å². The SMILES string of the molecule is CCCCOc1ccc(-c2ccc(CC[C@H]3CC[C@H](OC(=O)[C@@H](F)CCCC)CC3)cc2)cc1C#N. The lowest BCUT2D eigenvalue weighted by Crippen LogP contribution is -2.29. The number of carbonyl (C=O) groups excluding carboxylic acids is 1. The normalized spacial score (nSPS) is 18.3. The van der Waals surface area contributed by atoms with Gasteiger partial charge in [0.25, 0.3) is 0 Å². The molecule has 0 bridgehead atoms. The summed E-state index contributed by atoms with van der Waals surface area (Å²) in [7, 11) is 0. The van der Waals surface area contributed by atoms with Crippen LogP contribution in [0, 0.1) is 17.2 Å². The summed E-state index contributed by atoms with van der Waals surface area (Å²) >= 11 is 0. The molecule has 2 aromatic rings. The summed E-state index contributed by atoms with van der Waals surface area (Å²) in [5.74, 6) is 0.587. The molecular weight excluding hydrogens is 453 g/mol. The molecule has 0 unspecified atom stereocenters. The maximum atomic E-state index is 13.9. The van der Waals surface area contributed by atoms with Crippen LogP contribution in [-0.2, 0) is 16.0 Å². The minimum atomic E-state index is -1.48. The summed E-state index contributed by atoms with van der Waals surface area (Å²) in [6.45, 7) is 4.73. The quantitative estimate of drug-likeness (QED) is 0.210. The van der Waals surface area contributed by atoms with E-state index in [0.29, 0.717) is 30.3 Å². The highest BCUT2D eigenvalue weighted by molar-refractivity contribution is 5.74. The van der Waals surface area contributed by atoms with Crippen molar-refractivity contribution in [3.63, 3.8) is 0 Å². The zero-order chi connectivity index (χ0) is 25.8. The number of carbonyl (C=O) groups is 1. The molecule has 1 saturated carbocycles. The van der Waals surface area contributed by atoms with Crippen molar-refractivity contribution in [3.05, 3.63) is 53.6 Å². The first kappa shape index (κ1) is 27.7. The second kappa shape index (κ2) is 14.6. The first-order valence-corrected chi connectivity index (χ1v) is 13.6. The Labute approximate surface area is 215 Å². The average molecular weight is 494 g/mol. The Morgan fingerprint density at radius 3 is 2.39 bits per heavy atom. The van der Waals surface area contributed by atoms with Crippen LogP contribution < -0.4 is 4.74 Å². The molecule has 0 aliphatic heterocycles. The van der Waals surface area contributed by atoms with Gasteiger partial charge in [-0.2, -0.15) is 5.26 Å². The lowest BCUT2D eigenvalue weighted by molar-refractivity contribution is -0.157. The average Bonchev–Trinajstić information content (AvgIpc) is 2.91. The molecule has 194 valence electrons. The molecule has 1 aliphatic carbocycles. The van der Waals surface area contributed by atoms with Crippen LogP contribution in [0.4, 0.5) is 4.39 Å². The van der Waals surface area contributed by atoms with Gasteiger partial charge in [0.2, 0.25) is 0 Å². The number of hydrogen-bond acceptors (Lipinski definition) is 4. The van der Waals surface area contributed by atoms with E-state index in [1.165, 1.54) is 5.56 Å². The van der Waals surface area contributed by atoms with Gasteiger partial charge in [0.1, 0.15) is 17.9 Å². The molecule has 2 aromatic carbocycles.